The number of carbonyl (C=O) groups excluding carboxylic acids is 1. The molecule has 0 atom stereocenters. The highest BCUT2D eigenvalue weighted by Crippen LogP contribution is 2.35. The van der Waals surface area contributed by atoms with E-state index in [0.29, 0.717) is 12.2 Å². The lowest BCUT2D eigenvalue weighted by molar-refractivity contribution is 0.0994. The van der Waals surface area contributed by atoms with Crippen molar-refractivity contribution in [1.29, 1.82) is 0 Å². The third-order valence-electron chi connectivity index (χ3n) is 3.88. The Morgan fingerprint density at radius 2 is 1.89 bits per heavy atom. The van der Waals surface area contributed by atoms with Crippen LogP contribution in [0.25, 0.3) is 10.8 Å². The predicted molar refractivity (Wildman–Crippen MR) is 75.7 cm³/mol. The molecule has 3 rings (SSSR count). The maximum absolute atomic E-state index is 11.9. The lowest BCUT2D eigenvalue weighted by Gasteiger charge is -2.17. The fraction of sp³-hybridized carbons (Fsp3) is 0.312. The van der Waals surface area contributed by atoms with Crippen LogP contribution in [0.5, 0.6) is 0 Å². The second-order valence-corrected chi connectivity index (χ2v) is 5.23. The van der Waals surface area contributed by atoms with Crippen molar-refractivity contribution in [2.24, 2.45) is 0 Å². The molecule has 0 heterocycles. The summed E-state index contributed by atoms with van der Waals surface area (Å²) in [6, 6.07) is 8.52. The second-order valence-electron chi connectivity index (χ2n) is 5.23. The van der Waals surface area contributed by atoms with Gasteiger partial charge in [-0.3, -0.25) is 4.79 Å². The number of hydrogen-bond donors (Lipinski definition) is 0. The second kappa shape index (κ2) is 3.84. The Kier molecular flexibility index (Phi) is 2.40. The molecule has 0 spiro atoms. The number of aryl methyl sites for hydroxylation is 2. The Labute approximate surface area is 107 Å². The third kappa shape index (κ3) is 1.45. The number of Topliss-reactive ketones (excluding diaryl/α,β-unsaturated/α-hetero) is 1. The molecule has 0 bridgehead atoms. The van der Waals surface area contributed by atoms with Gasteiger partial charge in [-0.25, -0.2) is 0 Å². The first-order valence-electron chi connectivity index (χ1n) is 6.35. The van der Waals surface area contributed by atoms with Gasteiger partial charge in [0.05, 0.1) is 0 Å². The number of rotatable bonds is 1. The fourth-order valence-corrected chi connectivity index (χ4v) is 3.00. The van der Waals surface area contributed by atoms with Crippen molar-refractivity contribution in [3.8, 4) is 0 Å². The van der Waals surface area contributed by atoms with Crippen molar-refractivity contribution in [2.75, 3.05) is 19.0 Å². The summed E-state index contributed by atoms with van der Waals surface area (Å²) in [7, 11) is 4.12. The molecule has 92 valence electrons. The standard InChI is InChI=1S/C16H17NO/c1-10-12-5-4-6-14(17(2)3)13(12)9-11-7-8-15(18)16(10)11/h4-6,9H,7-8H2,1-3H3. The normalized spacial score (nSPS) is 14.1. The monoisotopic (exact) mass is 239 g/mol. The van der Waals surface area contributed by atoms with E-state index < -0.39 is 0 Å². The third-order valence-corrected chi connectivity index (χ3v) is 3.88. The molecule has 0 amide bonds. The molecule has 18 heavy (non-hydrogen) atoms. The summed E-state index contributed by atoms with van der Waals surface area (Å²) >= 11 is 0. The van der Waals surface area contributed by atoms with E-state index >= 15 is 0 Å². The molecule has 1 aliphatic carbocycles. The van der Waals surface area contributed by atoms with Crippen molar-refractivity contribution in [3.63, 3.8) is 0 Å². The lowest BCUT2D eigenvalue weighted by Crippen LogP contribution is -2.09. The van der Waals surface area contributed by atoms with E-state index in [9.17, 15) is 4.79 Å². The first kappa shape index (κ1) is 11.3. The zero-order valence-corrected chi connectivity index (χ0v) is 11.1. The Bertz CT molecular complexity index is 656. The maximum Gasteiger partial charge on any atom is 0.163 e. The first-order chi connectivity index (χ1) is 8.59. The van der Waals surface area contributed by atoms with Gasteiger partial charge in [0.1, 0.15) is 0 Å². The van der Waals surface area contributed by atoms with Gasteiger partial charge in [0, 0.05) is 37.2 Å². The zero-order valence-electron chi connectivity index (χ0n) is 11.1. The van der Waals surface area contributed by atoms with E-state index in [2.05, 4.69) is 50.2 Å². The van der Waals surface area contributed by atoms with Crippen LogP contribution >= 0.6 is 0 Å². The van der Waals surface area contributed by atoms with Gasteiger partial charge in [0.15, 0.2) is 5.78 Å². The highest BCUT2D eigenvalue weighted by Gasteiger charge is 2.23. The van der Waals surface area contributed by atoms with Gasteiger partial charge in [-0.1, -0.05) is 12.1 Å². The summed E-state index contributed by atoms with van der Waals surface area (Å²) in [5, 5.41) is 2.46. The van der Waals surface area contributed by atoms with Crippen LogP contribution in [0.2, 0.25) is 0 Å². The Morgan fingerprint density at radius 1 is 1.11 bits per heavy atom. The van der Waals surface area contributed by atoms with E-state index in [0.717, 1.165) is 17.5 Å². The van der Waals surface area contributed by atoms with Crippen LogP contribution in [0.15, 0.2) is 24.3 Å². The van der Waals surface area contributed by atoms with Crippen LogP contribution in [0.4, 0.5) is 5.69 Å². The maximum atomic E-state index is 11.9. The molecule has 0 unspecified atom stereocenters. The Morgan fingerprint density at radius 3 is 2.61 bits per heavy atom. The van der Waals surface area contributed by atoms with Crippen molar-refractivity contribution >= 4 is 22.2 Å². The predicted octanol–water partition coefficient (Wildman–Crippen LogP) is 3.34. The van der Waals surface area contributed by atoms with E-state index in [1.807, 2.05) is 0 Å². The van der Waals surface area contributed by atoms with Gasteiger partial charge in [-0.15, -0.1) is 0 Å². The molecule has 2 heteroatoms. The number of ketones is 1. The highest BCUT2D eigenvalue weighted by molar-refractivity contribution is 6.08. The largest absolute Gasteiger partial charge is 0.377 e. The topological polar surface area (TPSA) is 20.3 Å². The summed E-state index contributed by atoms with van der Waals surface area (Å²) in [6.45, 7) is 2.07. The van der Waals surface area contributed by atoms with Gasteiger partial charge in [-0.2, -0.15) is 0 Å². The molecule has 1 aliphatic rings. The van der Waals surface area contributed by atoms with E-state index in [4.69, 9.17) is 0 Å². The van der Waals surface area contributed by atoms with Crippen LogP contribution < -0.4 is 4.90 Å². The van der Waals surface area contributed by atoms with Gasteiger partial charge >= 0.3 is 0 Å². The minimum atomic E-state index is 0.305. The molecule has 0 radical (unpaired) electrons. The van der Waals surface area contributed by atoms with Crippen LogP contribution in [0.1, 0.15) is 27.9 Å². The molecule has 0 saturated carbocycles. The van der Waals surface area contributed by atoms with Gasteiger partial charge in [0.2, 0.25) is 0 Å². The van der Waals surface area contributed by atoms with Gasteiger partial charge < -0.3 is 4.90 Å². The molecular formula is C16H17NO. The minimum Gasteiger partial charge on any atom is -0.377 e. The van der Waals surface area contributed by atoms with Crippen LogP contribution in [0.3, 0.4) is 0 Å². The van der Waals surface area contributed by atoms with Gasteiger partial charge in [-0.05, 0) is 42.0 Å². The molecule has 0 fully saturated rings. The number of anilines is 1. The van der Waals surface area contributed by atoms with Crippen LogP contribution in [0, 0.1) is 6.92 Å². The van der Waals surface area contributed by atoms with Crippen molar-refractivity contribution in [2.45, 2.75) is 19.8 Å². The quantitative estimate of drug-likeness (QED) is 0.760. The van der Waals surface area contributed by atoms with Crippen LogP contribution in [-0.4, -0.2) is 19.9 Å². The van der Waals surface area contributed by atoms with Crippen molar-refractivity contribution in [1.82, 2.24) is 0 Å². The Hall–Kier alpha value is -1.83. The average molecular weight is 239 g/mol. The fourth-order valence-electron chi connectivity index (χ4n) is 3.00. The summed E-state index contributed by atoms with van der Waals surface area (Å²) in [5.41, 5.74) is 4.56. The van der Waals surface area contributed by atoms with E-state index in [-0.39, 0.29) is 0 Å². The zero-order chi connectivity index (χ0) is 12.9. The summed E-state index contributed by atoms with van der Waals surface area (Å²) in [5.74, 6) is 0.305. The minimum absolute atomic E-state index is 0.305. The average Bonchev–Trinajstić information content (AvgIpc) is 2.70. The van der Waals surface area contributed by atoms with Crippen molar-refractivity contribution in [3.05, 3.63) is 41.0 Å². The molecule has 0 N–H and O–H groups in total. The molecule has 2 aromatic rings. The van der Waals surface area contributed by atoms with E-state index in [1.165, 1.54) is 22.0 Å². The smallest absolute Gasteiger partial charge is 0.163 e. The highest BCUT2D eigenvalue weighted by atomic mass is 16.1. The first-order valence-corrected chi connectivity index (χ1v) is 6.35. The van der Waals surface area contributed by atoms with Gasteiger partial charge in [0.25, 0.3) is 0 Å². The number of nitrogens with zero attached hydrogens (tertiary/aromatic N) is 1. The molecule has 0 aliphatic heterocycles. The number of benzene rings is 2. The molecule has 0 aromatic heterocycles. The molecule has 0 saturated heterocycles. The summed E-state index contributed by atoms with van der Waals surface area (Å²) in [6.07, 6.45) is 1.57. The molecule has 2 nitrogen and oxygen atoms in total. The Balaban J connectivity index is 2.41. The summed E-state index contributed by atoms with van der Waals surface area (Å²) in [4.78, 5) is 14.1. The van der Waals surface area contributed by atoms with Crippen LogP contribution in [-0.2, 0) is 6.42 Å². The lowest BCUT2D eigenvalue weighted by atomic mass is 9.95. The van der Waals surface area contributed by atoms with E-state index in [1.54, 1.807) is 0 Å². The summed E-state index contributed by atoms with van der Waals surface area (Å²) < 4.78 is 0. The molecule has 2 aromatic carbocycles. The number of fused-ring (bicyclic) bond motifs is 2. The number of carbonyl (C=O) groups is 1. The molecular weight excluding hydrogens is 222 g/mol. The SMILES string of the molecule is Cc1c2c(cc3c(N(C)C)cccc13)CCC2=O. The number of hydrogen-bond acceptors (Lipinski definition) is 2. The van der Waals surface area contributed by atoms with Crippen molar-refractivity contribution < 1.29 is 4.79 Å².